The lowest BCUT2D eigenvalue weighted by Gasteiger charge is -2.24. The van der Waals surface area contributed by atoms with Gasteiger partial charge in [-0.2, -0.15) is 11.8 Å². The normalized spacial score (nSPS) is 24.4. The maximum Gasteiger partial charge on any atom is 0.306 e. The molecule has 152 valence electrons. The summed E-state index contributed by atoms with van der Waals surface area (Å²) in [7, 11) is 0. The van der Waals surface area contributed by atoms with Gasteiger partial charge in [0, 0.05) is 18.6 Å². The molecule has 1 saturated heterocycles. The number of esters is 2. The van der Waals surface area contributed by atoms with E-state index in [0.29, 0.717) is 16.9 Å². The van der Waals surface area contributed by atoms with E-state index >= 15 is 0 Å². The second-order valence-corrected chi connectivity index (χ2v) is 7.13. The van der Waals surface area contributed by atoms with Crippen molar-refractivity contribution in [3.8, 4) is 0 Å². The van der Waals surface area contributed by atoms with E-state index in [0.717, 1.165) is 0 Å². The van der Waals surface area contributed by atoms with Gasteiger partial charge in [-0.15, -0.1) is 0 Å². The number of thioether (sulfide) groups is 1. The first kappa shape index (κ1) is 20.3. The molecule has 3 rings (SSSR count). The lowest BCUT2D eigenvalue weighted by Crippen LogP contribution is -2.40. The third-order valence-electron chi connectivity index (χ3n) is 4.39. The van der Waals surface area contributed by atoms with Crippen molar-refractivity contribution >= 4 is 40.7 Å². The first-order valence-corrected chi connectivity index (χ1v) is 10.4. The molecule has 1 aliphatic rings. The van der Waals surface area contributed by atoms with Crippen LogP contribution in [0.25, 0.3) is 11.2 Å². The minimum atomic E-state index is -0.839. The number of hydrogen-bond donors (Lipinski definition) is 1. The van der Waals surface area contributed by atoms with Crippen LogP contribution in [-0.2, 0) is 23.8 Å². The molecule has 0 radical (unpaired) electrons. The number of anilines is 1. The number of carbonyl (C=O) groups excluding carboxylic acids is 2. The van der Waals surface area contributed by atoms with Crippen molar-refractivity contribution in [1.82, 2.24) is 19.5 Å². The Bertz CT molecular complexity index is 860. The van der Waals surface area contributed by atoms with Crippen molar-refractivity contribution in [3.63, 3.8) is 0 Å². The Labute approximate surface area is 166 Å². The summed E-state index contributed by atoms with van der Waals surface area (Å²) in [6.45, 7) is 3.40. The first-order chi connectivity index (χ1) is 13.5. The highest BCUT2D eigenvalue weighted by Gasteiger charge is 2.50. The summed E-state index contributed by atoms with van der Waals surface area (Å²) in [6, 6.07) is 0. The Morgan fingerprint density at radius 2 is 1.86 bits per heavy atom. The second-order valence-electron chi connectivity index (χ2n) is 6.22. The molecule has 0 aromatic carbocycles. The third kappa shape index (κ3) is 3.90. The van der Waals surface area contributed by atoms with Crippen molar-refractivity contribution < 1.29 is 23.8 Å². The number of carbonyl (C=O) groups is 2. The highest BCUT2D eigenvalue weighted by atomic mass is 32.2. The molecule has 0 aliphatic carbocycles. The number of nitrogen functional groups attached to an aromatic ring is 1. The predicted octanol–water partition coefficient (Wildman–Crippen LogP) is 1.31. The molecule has 10 nitrogen and oxygen atoms in total. The SMILES string of the molecule is CCC(=O)OC1C(CSC)OC(n2cnc3c(N)ncnc32)C1OC(=O)CC. The molecule has 2 aromatic heterocycles. The molecular weight excluding hydrogens is 386 g/mol. The van der Waals surface area contributed by atoms with Crippen LogP contribution >= 0.6 is 11.8 Å². The van der Waals surface area contributed by atoms with Gasteiger partial charge in [-0.05, 0) is 6.26 Å². The van der Waals surface area contributed by atoms with Crippen molar-refractivity contribution in [2.75, 3.05) is 17.7 Å². The van der Waals surface area contributed by atoms with E-state index < -0.39 is 30.5 Å². The minimum absolute atomic E-state index is 0.185. The number of ether oxygens (including phenoxy) is 3. The molecule has 0 amide bonds. The van der Waals surface area contributed by atoms with E-state index in [2.05, 4.69) is 15.0 Å². The Hall–Kier alpha value is -2.40. The van der Waals surface area contributed by atoms with Crippen LogP contribution in [0, 0.1) is 0 Å². The number of fused-ring (bicyclic) bond motifs is 1. The van der Waals surface area contributed by atoms with E-state index in [9.17, 15) is 9.59 Å². The quantitative estimate of drug-likeness (QED) is 0.668. The maximum absolute atomic E-state index is 12.1. The fourth-order valence-corrected chi connectivity index (χ4v) is 3.62. The Morgan fingerprint density at radius 3 is 2.50 bits per heavy atom. The van der Waals surface area contributed by atoms with Gasteiger partial charge in [-0.3, -0.25) is 14.2 Å². The highest BCUT2D eigenvalue weighted by Crippen LogP contribution is 2.37. The predicted molar refractivity (Wildman–Crippen MR) is 102 cm³/mol. The molecule has 0 spiro atoms. The van der Waals surface area contributed by atoms with Crippen LogP contribution in [0.4, 0.5) is 5.82 Å². The molecule has 28 heavy (non-hydrogen) atoms. The molecule has 0 bridgehead atoms. The zero-order valence-electron chi connectivity index (χ0n) is 15.9. The van der Waals surface area contributed by atoms with E-state index in [-0.39, 0.29) is 24.6 Å². The first-order valence-electron chi connectivity index (χ1n) is 8.96. The summed E-state index contributed by atoms with van der Waals surface area (Å²) >= 11 is 1.54. The van der Waals surface area contributed by atoms with Gasteiger partial charge in [0.15, 0.2) is 29.9 Å². The molecule has 1 aliphatic heterocycles. The monoisotopic (exact) mass is 409 g/mol. The van der Waals surface area contributed by atoms with Gasteiger partial charge < -0.3 is 19.9 Å². The van der Waals surface area contributed by atoms with Crippen LogP contribution in [0.2, 0.25) is 0 Å². The summed E-state index contributed by atoms with van der Waals surface area (Å²) in [5.74, 6) is -0.0137. The average molecular weight is 409 g/mol. The molecule has 1 fully saturated rings. The van der Waals surface area contributed by atoms with Crippen LogP contribution in [0.1, 0.15) is 32.9 Å². The lowest BCUT2D eigenvalue weighted by molar-refractivity contribution is -0.167. The van der Waals surface area contributed by atoms with E-state index in [1.807, 2.05) is 6.26 Å². The van der Waals surface area contributed by atoms with Crippen molar-refractivity contribution in [3.05, 3.63) is 12.7 Å². The molecule has 2 aromatic rings. The fraction of sp³-hybridized carbons (Fsp3) is 0.588. The zero-order valence-corrected chi connectivity index (χ0v) is 16.7. The molecule has 0 saturated carbocycles. The van der Waals surface area contributed by atoms with E-state index in [1.54, 1.807) is 30.2 Å². The number of hydrogen-bond acceptors (Lipinski definition) is 10. The summed E-state index contributed by atoms with van der Waals surface area (Å²) in [4.78, 5) is 36.5. The number of nitrogens with two attached hydrogens (primary N) is 1. The Kier molecular flexibility index (Phi) is 6.35. The number of rotatable bonds is 7. The molecule has 3 heterocycles. The highest BCUT2D eigenvalue weighted by molar-refractivity contribution is 7.98. The van der Waals surface area contributed by atoms with Crippen molar-refractivity contribution in [2.45, 2.75) is 51.2 Å². The van der Waals surface area contributed by atoms with Gasteiger partial charge in [0.1, 0.15) is 17.9 Å². The van der Waals surface area contributed by atoms with Crippen LogP contribution in [0.5, 0.6) is 0 Å². The van der Waals surface area contributed by atoms with Gasteiger partial charge in [-0.1, -0.05) is 13.8 Å². The fourth-order valence-electron chi connectivity index (χ4n) is 3.02. The lowest BCUT2D eigenvalue weighted by atomic mass is 10.1. The molecule has 4 atom stereocenters. The maximum atomic E-state index is 12.1. The van der Waals surface area contributed by atoms with Gasteiger partial charge in [-0.25, -0.2) is 15.0 Å². The van der Waals surface area contributed by atoms with Crippen LogP contribution in [-0.4, -0.2) is 61.8 Å². The summed E-state index contributed by atoms with van der Waals surface area (Å²) < 4.78 is 19.0. The van der Waals surface area contributed by atoms with E-state index in [4.69, 9.17) is 19.9 Å². The zero-order chi connectivity index (χ0) is 20.3. The average Bonchev–Trinajstić information content (AvgIpc) is 3.25. The number of nitrogens with zero attached hydrogens (tertiary/aromatic N) is 4. The molecule has 4 unspecified atom stereocenters. The van der Waals surface area contributed by atoms with Crippen LogP contribution < -0.4 is 5.73 Å². The van der Waals surface area contributed by atoms with Crippen molar-refractivity contribution in [1.29, 1.82) is 0 Å². The molecule has 11 heteroatoms. The minimum Gasteiger partial charge on any atom is -0.455 e. The van der Waals surface area contributed by atoms with Crippen molar-refractivity contribution in [2.24, 2.45) is 0 Å². The Balaban J connectivity index is 2.02. The largest absolute Gasteiger partial charge is 0.455 e. The summed E-state index contributed by atoms with van der Waals surface area (Å²) in [5.41, 5.74) is 6.73. The van der Waals surface area contributed by atoms with Gasteiger partial charge >= 0.3 is 11.9 Å². The standard InChI is InChI=1S/C17H23N5O5S/c1-4-10(23)26-13-9(6-28-3)25-17(14(13)27-11(24)5-2)22-8-21-12-15(18)19-7-20-16(12)22/h7-9,13-14,17H,4-6H2,1-3H3,(H2,18,19,20). The number of aromatic nitrogens is 4. The van der Waals surface area contributed by atoms with Gasteiger partial charge in [0.25, 0.3) is 0 Å². The van der Waals surface area contributed by atoms with Gasteiger partial charge in [0.05, 0.1) is 6.33 Å². The number of imidazole rings is 1. The second kappa shape index (κ2) is 8.74. The summed E-state index contributed by atoms with van der Waals surface area (Å²) in [6.07, 6.45) is 2.35. The third-order valence-corrected chi connectivity index (χ3v) is 5.05. The van der Waals surface area contributed by atoms with E-state index in [1.165, 1.54) is 12.7 Å². The summed E-state index contributed by atoms with van der Waals surface area (Å²) in [5, 5.41) is 0. The Morgan fingerprint density at radius 1 is 1.18 bits per heavy atom. The smallest absolute Gasteiger partial charge is 0.306 e. The topological polar surface area (TPSA) is 131 Å². The van der Waals surface area contributed by atoms with Crippen LogP contribution in [0.15, 0.2) is 12.7 Å². The van der Waals surface area contributed by atoms with Gasteiger partial charge in [0.2, 0.25) is 0 Å². The molecule has 2 N–H and O–H groups in total. The van der Waals surface area contributed by atoms with Crippen LogP contribution in [0.3, 0.4) is 0 Å². The molecular formula is C17H23N5O5S.